The van der Waals surface area contributed by atoms with Crippen molar-refractivity contribution in [2.24, 2.45) is 0 Å². The van der Waals surface area contributed by atoms with E-state index in [4.69, 9.17) is 9.47 Å². The van der Waals surface area contributed by atoms with Crippen LogP contribution in [0.15, 0.2) is 18.3 Å². The van der Waals surface area contributed by atoms with Crippen LogP contribution in [0, 0.1) is 0 Å². The number of pyridine rings is 1. The SMILES string of the molecule is CNc1cc(COCCC(C)(C)OC)ccn1. The van der Waals surface area contributed by atoms with Crippen LogP contribution in [0.2, 0.25) is 0 Å². The summed E-state index contributed by atoms with van der Waals surface area (Å²) in [5.74, 6) is 0.864. The minimum atomic E-state index is -0.117. The molecule has 1 N–H and O–H groups in total. The molecule has 96 valence electrons. The summed E-state index contributed by atoms with van der Waals surface area (Å²) >= 11 is 0. The zero-order valence-electron chi connectivity index (χ0n) is 11.1. The topological polar surface area (TPSA) is 43.4 Å². The molecule has 0 spiro atoms. The Morgan fingerprint density at radius 2 is 2.18 bits per heavy atom. The van der Waals surface area contributed by atoms with Gasteiger partial charge < -0.3 is 14.8 Å². The van der Waals surface area contributed by atoms with Crippen LogP contribution in [-0.4, -0.2) is 31.3 Å². The van der Waals surface area contributed by atoms with E-state index in [0.717, 1.165) is 17.8 Å². The predicted molar refractivity (Wildman–Crippen MR) is 69.1 cm³/mol. The second-order valence-corrected chi connectivity index (χ2v) is 4.57. The number of hydrogen-bond acceptors (Lipinski definition) is 4. The fourth-order valence-corrected chi connectivity index (χ4v) is 1.31. The first-order chi connectivity index (χ1) is 8.07. The summed E-state index contributed by atoms with van der Waals surface area (Å²) in [6.45, 7) is 5.42. The van der Waals surface area contributed by atoms with Crippen LogP contribution in [-0.2, 0) is 16.1 Å². The van der Waals surface area contributed by atoms with Crippen LogP contribution in [0.1, 0.15) is 25.8 Å². The maximum Gasteiger partial charge on any atom is 0.125 e. The molecule has 0 saturated carbocycles. The van der Waals surface area contributed by atoms with Gasteiger partial charge in [0, 0.05) is 27.0 Å². The summed E-state index contributed by atoms with van der Waals surface area (Å²) in [6, 6.07) is 3.95. The van der Waals surface area contributed by atoms with Crippen molar-refractivity contribution in [3.63, 3.8) is 0 Å². The van der Waals surface area contributed by atoms with Crippen LogP contribution in [0.4, 0.5) is 5.82 Å². The van der Waals surface area contributed by atoms with Crippen molar-refractivity contribution in [2.45, 2.75) is 32.5 Å². The van der Waals surface area contributed by atoms with Gasteiger partial charge in [-0.25, -0.2) is 4.98 Å². The number of nitrogens with zero attached hydrogens (tertiary/aromatic N) is 1. The quantitative estimate of drug-likeness (QED) is 0.741. The maximum atomic E-state index is 5.62. The molecule has 17 heavy (non-hydrogen) atoms. The standard InChI is InChI=1S/C13H22N2O2/c1-13(2,16-4)6-8-17-10-11-5-7-15-12(9-11)14-3/h5,7,9H,6,8,10H2,1-4H3,(H,14,15). The summed E-state index contributed by atoms with van der Waals surface area (Å²) in [7, 11) is 3.58. The van der Waals surface area contributed by atoms with E-state index in [1.54, 1.807) is 13.3 Å². The highest BCUT2D eigenvalue weighted by atomic mass is 16.5. The Bertz CT molecular complexity index is 340. The van der Waals surface area contributed by atoms with Gasteiger partial charge in [-0.1, -0.05) is 0 Å². The van der Waals surface area contributed by atoms with E-state index in [-0.39, 0.29) is 5.60 Å². The lowest BCUT2D eigenvalue weighted by Crippen LogP contribution is -2.24. The Labute approximate surface area is 103 Å². The molecule has 0 saturated heterocycles. The molecule has 1 rings (SSSR count). The highest BCUT2D eigenvalue weighted by Crippen LogP contribution is 2.13. The molecule has 0 atom stereocenters. The van der Waals surface area contributed by atoms with Crippen molar-refractivity contribution < 1.29 is 9.47 Å². The number of methoxy groups -OCH3 is 1. The maximum absolute atomic E-state index is 5.62. The molecular formula is C13H22N2O2. The molecule has 0 aromatic carbocycles. The molecule has 0 unspecified atom stereocenters. The molecule has 0 aliphatic carbocycles. The lowest BCUT2D eigenvalue weighted by Gasteiger charge is -2.22. The largest absolute Gasteiger partial charge is 0.379 e. The smallest absolute Gasteiger partial charge is 0.125 e. The van der Waals surface area contributed by atoms with Crippen molar-refractivity contribution >= 4 is 5.82 Å². The lowest BCUT2D eigenvalue weighted by atomic mass is 10.1. The Kier molecular flexibility index (Phi) is 5.38. The van der Waals surface area contributed by atoms with Gasteiger partial charge in [-0.05, 0) is 38.0 Å². The minimum Gasteiger partial charge on any atom is -0.379 e. The highest BCUT2D eigenvalue weighted by molar-refractivity contribution is 5.36. The van der Waals surface area contributed by atoms with Gasteiger partial charge in [0.1, 0.15) is 5.82 Å². The Balaban J connectivity index is 2.31. The average Bonchev–Trinajstić information content (AvgIpc) is 2.35. The number of rotatable bonds is 7. The second kappa shape index (κ2) is 6.57. The first-order valence-corrected chi connectivity index (χ1v) is 5.83. The van der Waals surface area contributed by atoms with Gasteiger partial charge >= 0.3 is 0 Å². The number of aromatic nitrogens is 1. The fraction of sp³-hybridized carbons (Fsp3) is 0.615. The second-order valence-electron chi connectivity index (χ2n) is 4.57. The zero-order chi connectivity index (χ0) is 12.7. The third kappa shape index (κ3) is 5.15. The molecule has 0 radical (unpaired) electrons. The molecule has 0 fully saturated rings. The summed E-state index contributed by atoms with van der Waals surface area (Å²) in [5, 5.41) is 3.00. The zero-order valence-corrected chi connectivity index (χ0v) is 11.1. The molecule has 4 heteroatoms. The van der Waals surface area contributed by atoms with Crippen molar-refractivity contribution in [3.8, 4) is 0 Å². The van der Waals surface area contributed by atoms with Crippen molar-refractivity contribution in [3.05, 3.63) is 23.9 Å². The predicted octanol–water partition coefficient (Wildman–Crippen LogP) is 2.46. The Morgan fingerprint density at radius 3 is 2.82 bits per heavy atom. The van der Waals surface area contributed by atoms with Gasteiger partial charge in [0.25, 0.3) is 0 Å². The third-order valence-corrected chi connectivity index (χ3v) is 2.75. The van der Waals surface area contributed by atoms with Gasteiger partial charge in [-0.15, -0.1) is 0 Å². The molecule has 4 nitrogen and oxygen atoms in total. The minimum absolute atomic E-state index is 0.117. The summed E-state index contributed by atoms with van der Waals surface area (Å²) in [5.41, 5.74) is 1.01. The highest BCUT2D eigenvalue weighted by Gasteiger charge is 2.15. The van der Waals surface area contributed by atoms with Crippen molar-refractivity contribution in [1.82, 2.24) is 4.98 Å². The van der Waals surface area contributed by atoms with Crippen molar-refractivity contribution in [1.29, 1.82) is 0 Å². The molecule has 0 amide bonds. The van der Waals surface area contributed by atoms with E-state index in [1.807, 2.05) is 19.2 Å². The number of ether oxygens (including phenoxy) is 2. The summed E-state index contributed by atoms with van der Waals surface area (Å²) in [4.78, 5) is 4.15. The van der Waals surface area contributed by atoms with E-state index in [1.165, 1.54) is 0 Å². The van der Waals surface area contributed by atoms with E-state index >= 15 is 0 Å². The van der Waals surface area contributed by atoms with Gasteiger partial charge in [-0.3, -0.25) is 0 Å². The normalized spacial score (nSPS) is 11.5. The van der Waals surface area contributed by atoms with Crippen LogP contribution >= 0.6 is 0 Å². The molecule has 0 aliphatic rings. The molecular weight excluding hydrogens is 216 g/mol. The summed E-state index contributed by atoms with van der Waals surface area (Å²) in [6.07, 6.45) is 2.66. The van der Waals surface area contributed by atoms with Gasteiger partial charge in [-0.2, -0.15) is 0 Å². The van der Waals surface area contributed by atoms with E-state index in [2.05, 4.69) is 24.1 Å². The van der Waals surface area contributed by atoms with E-state index in [9.17, 15) is 0 Å². The van der Waals surface area contributed by atoms with Crippen molar-refractivity contribution in [2.75, 3.05) is 26.1 Å². The van der Waals surface area contributed by atoms with Gasteiger partial charge in [0.2, 0.25) is 0 Å². The Hall–Kier alpha value is -1.13. The van der Waals surface area contributed by atoms with Gasteiger partial charge in [0.05, 0.1) is 12.2 Å². The van der Waals surface area contributed by atoms with Crippen LogP contribution in [0.3, 0.4) is 0 Å². The molecule has 1 heterocycles. The van der Waals surface area contributed by atoms with E-state index < -0.39 is 0 Å². The molecule has 1 aromatic heterocycles. The lowest BCUT2D eigenvalue weighted by molar-refractivity contribution is -0.0124. The van der Waals surface area contributed by atoms with Gasteiger partial charge in [0.15, 0.2) is 0 Å². The Morgan fingerprint density at radius 1 is 1.41 bits per heavy atom. The van der Waals surface area contributed by atoms with Crippen LogP contribution in [0.25, 0.3) is 0 Å². The monoisotopic (exact) mass is 238 g/mol. The first kappa shape index (κ1) is 13.9. The third-order valence-electron chi connectivity index (χ3n) is 2.75. The fourth-order valence-electron chi connectivity index (χ4n) is 1.31. The molecule has 1 aromatic rings. The number of hydrogen-bond donors (Lipinski definition) is 1. The van der Waals surface area contributed by atoms with Crippen LogP contribution in [0.5, 0.6) is 0 Å². The first-order valence-electron chi connectivity index (χ1n) is 5.83. The molecule has 0 bridgehead atoms. The summed E-state index contributed by atoms with van der Waals surface area (Å²) < 4.78 is 10.9. The average molecular weight is 238 g/mol. The number of nitrogens with one attached hydrogen (secondary N) is 1. The van der Waals surface area contributed by atoms with Crippen LogP contribution < -0.4 is 5.32 Å². The van der Waals surface area contributed by atoms with E-state index in [0.29, 0.717) is 13.2 Å². The molecule has 0 aliphatic heterocycles. The number of anilines is 1.